The number of hydrogen-bond acceptors (Lipinski definition) is 2. The van der Waals surface area contributed by atoms with Crippen molar-refractivity contribution in [3.05, 3.63) is 36.0 Å². The number of aromatic amines is 1. The van der Waals surface area contributed by atoms with E-state index in [4.69, 9.17) is 4.74 Å². The van der Waals surface area contributed by atoms with Crippen molar-refractivity contribution in [1.82, 2.24) is 10.3 Å². The highest BCUT2D eigenvalue weighted by molar-refractivity contribution is 5.83. The van der Waals surface area contributed by atoms with Gasteiger partial charge in [-0.15, -0.1) is 0 Å². The fourth-order valence-corrected chi connectivity index (χ4v) is 2.86. The van der Waals surface area contributed by atoms with E-state index in [1.165, 1.54) is 0 Å². The molecule has 0 amide bonds. The SMILES string of the molecule is CC(F)(CC1COCCN1)c1cccc2[nH]ccc12. The third-order valence-electron chi connectivity index (χ3n) is 3.78. The Labute approximate surface area is 112 Å². The van der Waals surface area contributed by atoms with Gasteiger partial charge in [0.1, 0.15) is 5.67 Å². The molecule has 4 heteroatoms. The summed E-state index contributed by atoms with van der Waals surface area (Å²) in [5.74, 6) is 0. The van der Waals surface area contributed by atoms with Crippen LogP contribution in [-0.4, -0.2) is 30.8 Å². The van der Waals surface area contributed by atoms with Crippen LogP contribution in [0.2, 0.25) is 0 Å². The summed E-state index contributed by atoms with van der Waals surface area (Å²) in [5.41, 5.74) is 0.368. The molecule has 3 nitrogen and oxygen atoms in total. The van der Waals surface area contributed by atoms with Gasteiger partial charge in [-0.3, -0.25) is 0 Å². The number of rotatable bonds is 3. The quantitative estimate of drug-likeness (QED) is 0.892. The summed E-state index contributed by atoms with van der Waals surface area (Å²) in [6, 6.07) is 7.76. The molecule has 1 fully saturated rings. The second-order valence-corrected chi connectivity index (χ2v) is 5.37. The summed E-state index contributed by atoms with van der Waals surface area (Å²) >= 11 is 0. The van der Waals surface area contributed by atoms with E-state index >= 15 is 4.39 Å². The number of fused-ring (bicyclic) bond motifs is 1. The summed E-state index contributed by atoms with van der Waals surface area (Å²) in [5, 5.41) is 4.28. The molecular formula is C15H19FN2O. The van der Waals surface area contributed by atoms with E-state index in [1.807, 2.05) is 30.5 Å². The van der Waals surface area contributed by atoms with E-state index in [0.29, 0.717) is 19.6 Å². The highest BCUT2D eigenvalue weighted by atomic mass is 19.1. The molecule has 2 N–H and O–H groups in total. The van der Waals surface area contributed by atoms with Gasteiger partial charge in [-0.25, -0.2) is 4.39 Å². The topological polar surface area (TPSA) is 37.0 Å². The van der Waals surface area contributed by atoms with Crippen LogP contribution in [0.25, 0.3) is 10.9 Å². The molecular weight excluding hydrogens is 243 g/mol. The number of alkyl halides is 1. The molecule has 0 radical (unpaired) electrons. The first-order chi connectivity index (χ1) is 9.17. The van der Waals surface area contributed by atoms with Gasteiger partial charge in [-0.2, -0.15) is 0 Å². The van der Waals surface area contributed by atoms with Gasteiger partial charge in [0.2, 0.25) is 0 Å². The Morgan fingerprint density at radius 2 is 2.32 bits per heavy atom. The van der Waals surface area contributed by atoms with E-state index in [1.54, 1.807) is 6.92 Å². The first-order valence-corrected chi connectivity index (χ1v) is 6.73. The molecule has 2 aromatic rings. The van der Waals surface area contributed by atoms with Crippen molar-refractivity contribution in [3.63, 3.8) is 0 Å². The first kappa shape index (κ1) is 12.6. The molecule has 1 aromatic heterocycles. The molecule has 1 aliphatic rings. The van der Waals surface area contributed by atoms with E-state index in [9.17, 15) is 0 Å². The molecule has 1 aliphatic heterocycles. The van der Waals surface area contributed by atoms with Crippen LogP contribution in [0.4, 0.5) is 4.39 Å². The van der Waals surface area contributed by atoms with Crippen LogP contribution in [0, 0.1) is 0 Å². The molecule has 1 saturated heterocycles. The van der Waals surface area contributed by atoms with E-state index < -0.39 is 5.67 Å². The lowest BCUT2D eigenvalue weighted by Gasteiger charge is -2.30. The molecule has 3 rings (SSSR count). The van der Waals surface area contributed by atoms with Gasteiger partial charge < -0.3 is 15.0 Å². The number of morpholine rings is 1. The Bertz CT molecular complexity index is 558. The van der Waals surface area contributed by atoms with Crippen LogP contribution < -0.4 is 5.32 Å². The van der Waals surface area contributed by atoms with Crippen molar-refractivity contribution in [2.45, 2.75) is 25.1 Å². The minimum absolute atomic E-state index is 0.0814. The van der Waals surface area contributed by atoms with E-state index in [0.717, 1.165) is 23.0 Å². The maximum atomic E-state index is 15.1. The smallest absolute Gasteiger partial charge is 0.135 e. The van der Waals surface area contributed by atoms with Gasteiger partial charge in [-0.05, 0) is 24.6 Å². The molecule has 102 valence electrons. The van der Waals surface area contributed by atoms with Crippen molar-refractivity contribution in [2.75, 3.05) is 19.8 Å². The lowest BCUT2D eigenvalue weighted by molar-refractivity contribution is 0.0478. The van der Waals surface area contributed by atoms with Gasteiger partial charge in [0.15, 0.2) is 0 Å². The molecule has 2 heterocycles. The number of aromatic nitrogens is 1. The van der Waals surface area contributed by atoms with Crippen LogP contribution in [0.3, 0.4) is 0 Å². The predicted molar refractivity (Wildman–Crippen MR) is 74.0 cm³/mol. The summed E-state index contributed by atoms with van der Waals surface area (Å²) in [4.78, 5) is 3.13. The zero-order valence-electron chi connectivity index (χ0n) is 11.1. The molecule has 0 saturated carbocycles. The number of H-pyrrole nitrogens is 1. The second kappa shape index (κ2) is 4.94. The predicted octanol–water partition coefficient (Wildman–Crippen LogP) is 2.73. The minimum atomic E-state index is -1.36. The van der Waals surface area contributed by atoms with Gasteiger partial charge in [0.25, 0.3) is 0 Å². The number of nitrogens with one attached hydrogen (secondary N) is 2. The minimum Gasteiger partial charge on any atom is -0.379 e. The standard InChI is InChI=1S/C15H19FN2O/c1-15(16,9-11-10-19-8-7-17-11)13-3-2-4-14-12(13)5-6-18-14/h2-6,11,17-18H,7-10H2,1H3. The summed E-state index contributed by atoms with van der Waals surface area (Å²) in [6.45, 7) is 3.76. The molecule has 0 aliphatic carbocycles. The van der Waals surface area contributed by atoms with Crippen LogP contribution in [-0.2, 0) is 10.4 Å². The second-order valence-electron chi connectivity index (χ2n) is 5.37. The summed E-state index contributed by atoms with van der Waals surface area (Å²) in [7, 11) is 0. The fraction of sp³-hybridized carbons (Fsp3) is 0.467. The zero-order valence-corrected chi connectivity index (χ0v) is 11.1. The Morgan fingerprint density at radius 3 is 3.11 bits per heavy atom. The van der Waals surface area contributed by atoms with Crippen LogP contribution >= 0.6 is 0 Å². The van der Waals surface area contributed by atoms with Crippen molar-refractivity contribution in [2.24, 2.45) is 0 Å². The number of halogens is 1. The number of ether oxygens (including phenoxy) is 1. The van der Waals surface area contributed by atoms with Gasteiger partial charge >= 0.3 is 0 Å². The lowest BCUT2D eigenvalue weighted by Crippen LogP contribution is -2.44. The Kier molecular flexibility index (Phi) is 3.29. The highest BCUT2D eigenvalue weighted by Gasteiger charge is 2.32. The fourth-order valence-electron chi connectivity index (χ4n) is 2.86. The Morgan fingerprint density at radius 1 is 1.42 bits per heavy atom. The number of benzene rings is 1. The van der Waals surface area contributed by atoms with Crippen molar-refractivity contribution >= 4 is 10.9 Å². The molecule has 19 heavy (non-hydrogen) atoms. The Balaban J connectivity index is 1.88. The Hall–Kier alpha value is -1.39. The van der Waals surface area contributed by atoms with Crippen molar-refractivity contribution in [3.8, 4) is 0 Å². The summed E-state index contributed by atoms with van der Waals surface area (Å²) in [6.07, 6.45) is 2.28. The normalized spacial score (nSPS) is 23.4. The van der Waals surface area contributed by atoms with Crippen molar-refractivity contribution < 1.29 is 9.13 Å². The van der Waals surface area contributed by atoms with E-state index in [2.05, 4.69) is 10.3 Å². The monoisotopic (exact) mass is 262 g/mol. The van der Waals surface area contributed by atoms with Gasteiger partial charge in [-0.1, -0.05) is 12.1 Å². The number of hydrogen-bond donors (Lipinski definition) is 2. The maximum absolute atomic E-state index is 15.1. The third kappa shape index (κ3) is 2.51. The van der Waals surface area contributed by atoms with Gasteiger partial charge in [0.05, 0.1) is 13.2 Å². The summed E-state index contributed by atoms with van der Waals surface area (Å²) < 4.78 is 20.5. The lowest BCUT2D eigenvalue weighted by atomic mass is 9.88. The average Bonchev–Trinajstić information content (AvgIpc) is 2.87. The molecule has 0 spiro atoms. The first-order valence-electron chi connectivity index (χ1n) is 6.73. The average molecular weight is 262 g/mol. The molecule has 2 unspecified atom stereocenters. The largest absolute Gasteiger partial charge is 0.379 e. The molecule has 1 aromatic carbocycles. The zero-order chi connectivity index (χ0) is 13.3. The van der Waals surface area contributed by atoms with Gasteiger partial charge in [0, 0.05) is 36.1 Å². The molecule has 2 atom stereocenters. The maximum Gasteiger partial charge on any atom is 0.135 e. The van der Waals surface area contributed by atoms with E-state index in [-0.39, 0.29) is 6.04 Å². The highest BCUT2D eigenvalue weighted by Crippen LogP contribution is 2.35. The van der Waals surface area contributed by atoms with Crippen LogP contribution in [0.5, 0.6) is 0 Å². The van der Waals surface area contributed by atoms with Crippen LogP contribution in [0.15, 0.2) is 30.5 Å². The third-order valence-corrected chi connectivity index (χ3v) is 3.78. The molecule has 0 bridgehead atoms. The van der Waals surface area contributed by atoms with Crippen molar-refractivity contribution in [1.29, 1.82) is 0 Å². The van der Waals surface area contributed by atoms with Crippen LogP contribution in [0.1, 0.15) is 18.9 Å².